The molecule has 3 heterocycles. The largest absolute Gasteiger partial charge is 0.361 e. The third-order valence-electron chi connectivity index (χ3n) is 4.00. The molecule has 2 N–H and O–H groups in total. The van der Waals surface area contributed by atoms with E-state index in [1.807, 2.05) is 36.5 Å². The molecule has 6 heteroatoms. The number of rotatable bonds is 5. The van der Waals surface area contributed by atoms with Crippen LogP contribution in [0.5, 0.6) is 0 Å². The third kappa shape index (κ3) is 3.29. The molecule has 0 aliphatic heterocycles. The van der Waals surface area contributed by atoms with Crippen molar-refractivity contribution >= 4 is 28.1 Å². The zero-order valence-electron chi connectivity index (χ0n) is 13.4. The molecule has 0 bridgehead atoms. The molecule has 0 unspecified atom stereocenters. The third-order valence-corrected chi connectivity index (χ3v) is 4.89. The lowest BCUT2D eigenvalue weighted by molar-refractivity contribution is 0.0950. The lowest BCUT2D eigenvalue weighted by Crippen LogP contribution is -2.25. The molecular formula is C19H16N4OS. The Morgan fingerprint density at radius 1 is 1.20 bits per heavy atom. The number of amides is 1. The van der Waals surface area contributed by atoms with Gasteiger partial charge in [0.25, 0.3) is 5.91 Å². The number of para-hydroxylation sites is 1. The van der Waals surface area contributed by atoms with Crippen LogP contribution in [0.15, 0.2) is 60.4 Å². The van der Waals surface area contributed by atoms with E-state index >= 15 is 0 Å². The molecular weight excluding hydrogens is 332 g/mol. The zero-order chi connectivity index (χ0) is 17.1. The number of fused-ring (bicyclic) bond motifs is 1. The molecule has 1 aromatic carbocycles. The van der Waals surface area contributed by atoms with Gasteiger partial charge in [-0.05, 0) is 30.2 Å². The van der Waals surface area contributed by atoms with Gasteiger partial charge in [0.05, 0.1) is 0 Å². The highest BCUT2D eigenvalue weighted by Gasteiger charge is 2.12. The SMILES string of the molecule is O=C(NCCc1c[nH]c2ccccc12)c1csc(-c2cccnc2)n1. The molecule has 5 nitrogen and oxygen atoms in total. The minimum absolute atomic E-state index is 0.147. The van der Waals surface area contributed by atoms with E-state index in [2.05, 4.69) is 26.3 Å². The maximum atomic E-state index is 12.3. The van der Waals surface area contributed by atoms with Gasteiger partial charge < -0.3 is 10.3 Å². The van der Waals surface area contributed by atoms with Crippen molar-refractivity contribution in [2.24, 2.45) is 0 Å². The van der Waals surface area contributed by atoms with Gasteiger partial charge in [0.15, 0.2) is 0 Å². The summed E-state index contributed by atoms with van der Waals surface area (Å²) in [5.41, 5.74) is 3.68. The van der Waals surface area contributed by atoms with Crippen LogP contribution in [0.2, 0.25) is 0 Å². The number of hydrogen-bond donors (Lipinski definition) is 2. The molecule has 0 saturated heterocycles. The fourth-order valence-corrected chi connectivity index (χ4v) is 3.53. The molecule has 0 radical (unpaired) electrons. The molecule has 0 atom stereocenters. The summed E-state index contributed by atoms with van der Waals surface area (Å²) in [6.07, 6.45) is 6.24. The van der Waals surface area contributed by atoms with Crippen LogP contribution < -0.4 is 5.32 Å². The van der Waals surface area contributed by atoms with Crippen LogP contribution in [-0.4, -0.2) is 27.4 Å². The van der Waals surface area contributed by atoms with E-state index in [4.69, 9.17) is 0 Å². The number of aromatic amines is 1. The quantitative estimate of drug-likeness (QED) is 0.578. The number of carbonyl (C=O) groups excluding carboxylic acids is 1. The Kier molecular flexibility index (Phi) is 4.26. The Bertz CT molecular complexity index is 1010. The number of benzene rings is 1. The van der Waals surface area contributed by atoms with Crippen LogP contribution >= 0.6 is 11.3 Å². The Balaban J connectivity index is 1.39. The minimum Gasteiger partial charge on any atom is -0.361 e. The molecule has 0 fully saturated rings. The predicted molar refractivity (Wildman–Crippen MR) is 99.7 cm³/mol. The van der Waals surface area contributed by atoms with Crippen LogP contribution in [0.25, 0.3) is 21.5 Å². The maximum absolute atomic E-state index is 12.3. The summed E-state index contributed by atoms with van der Waals surface area (Å²) in [5, 5.41) is 6.72. The number of thiazole rings is 1. The second-order valence-corrected chi connectivity index (χ2v) is 6.50. The van der Waals surface area contributed by atoms with Gasteiger partial charge in [-0.3, -0.25) is 9.78 Å². The molecule has 124 valence electrons. The van der Waals surface area contributed by atoms with Crippen LogP contribution in [0.1, 0.15) is 16.1 Å². The van der Waals surface area contributed by atoms with Crippen LogP contribution in [0, 0.1) is 0 Å². The fourth-order valence-electron chi connectivity index (χ4n) is 2.74. The molecule has 4 rings (SSSR count). The first kappa shape index (κ1) is 15.5. The van der Waals surface area contributed by atoms with Gasteiger partial charge in [-0.25, -0.2) is 4.98 Å². The van der Waals surface area contributed by atoms with Crippen molar-refractivity contribution in [1.82, 2.24) is 20.3 Å². The van der Waals surface area contributed by atoms with E-state index in [0.717, 1.165) is 22.5 Å². The average molecular weight is 348 g/mol. The highest BCUT2D eigenvalue weighted by atomic mass is 32.1. The van der Waals surface area contributed by atoms with Gasteiger partial charge in [-0.15, -0.1) is 11.3 Å². The van der Waals surface area contributed by atoms with E-state index in [-0.39, 0.29) is 5.91 Å². The van der Waals surface area contributed by atoms with Gasteiger partial charge >= 0.3 is 0 Å². The van der Waals surface area contributed by atoms with Crippen LogP contribution in [0.3, 0.4) is 0 Å². The number of aromatic nitrogens is 3. The van der Waals surface area contributed by atoms with Crippen molar-refractivity contribution in [2.75, 3.05) is 6.54 Å². The number of nitrogens with zero attached hydrogens (tertiary/aromatic N) is 2. The summed E-state index contributed by atoms with van der Waals surface area (Å²) in [7, 11) is 0. The summed E-state index contributed by atoms with van der Waals surface area (Å²) >= 11 is 1.45. The van der Waals surface area contributed by atoms with Gasteiger partial charge in [0.2, 0.25) is 0 Å². The molecule has 0 aliphatic rings. The summed E-state index contributed by atoms with van der Waals surface area (Å²) in [5.74, 6) is -0.147. The molecule has 0 aliphatic carbocycles. The predicted octanol–water partition coefficient (Wildman–Crippen LogP) is 3.66. The van der Waals surface area contributed by atoms with Gasteiger partial charge in [0.1, 0.15) is 10.7 Å². The number of hydrogen-bond acceptors (Lipinski definition) is 4. The van der Waals surface area contributed by atoms with Crippen LogP contribution in [-0.2, 0) is 6.42 Å². The number of nitrogens with one attached hydrogen (secondary N) is 2. The molecule has 3 aromatic heterocycles. The monoisotopic (exact) mass is 348 g/mol. The smallest absolute Gasteiger partial charge is 0.270 e. The summed E-state index contributed by atoms with van der Waals surface area (Å²) in [6.45, 7) is 0.570. The van der Waals surface area contributed by atoms with Gasteiger partial charge in [0, 0.05) is 47.0 Å². The molecule has 4 aromatic rings. The second-order valence-electron chi connectivity index (χ2n) is 5.64. The van der Waals surface area contributed by atoms with E-state index in [1.165, 1.54) is 22.3 Å². The van der Waals surface area contributed by atoms with Crippen molar-refractivity contribution in [3.05, 3.63) is 71.6 Å². The van der Waals surface area contributed by atoms with E-state index in [9.17, 15) is 4.79 Å². The lowest BCUT2D eigenvalue weighted by atomic mass is 10.1. The summed E-state index contributed by atoms with van der Waals surface area (Å²) in [4.78, 5) is 24.0. The number of pyridine rings is 1. The Morgan fingerprint density at radius 3 is 3.00 bits per heavy atom. The molecule has 25 heavy (non-hydrogen) atoms. The first-order chi connectivity index (χ1) is 12.3. The zero-order valence-corrected chi connectivity index (χ0v) is 14.2. The van der Waals surface area contributed by atoms with Crippen molar-refractivity contribution < 1.29 is 4.79 Å². The lowest BCUT2D eigenvalue weighted by Gasteiger charge is -2.02. The molecule has 0 saturated carbocycles. The first-order valence-corrected chi connectivity index (χ1v) is 8.88. The summed E-state index contributed by atoms with van der Waals surface area (Å²) in [6, 6.07) is 12.0. The highest BCUT2D eigenvalue weighted by Crippen LogP contribution is 2.22. The molecule has 1 amide bonds. The van der Waals surface area contributed by atoms with Crippen LogP contribution in [0.4, 0.5) is 0 Å². The van der Waals surface area contributed by atoms with Gasteiger partial charge in [-0.2, -0.15) is 0 Å². The highest BCUT2D eigenvalue weighted by molar-refractivity contribution is 7.13. The standard InChI is InChI=1S/C19H16N4OS/c24-18(17-12-25-19(23-17)14-4-3-8-20-10-14)21-9-7-13-11-22-16-6-2-1-5-15(13)16/h1-6,8,10-12,22H,7,9H2,(H,21,24). The fraction of sp³-hybridized carbons (Fsp3) is 0.105. The number of H-pyrrole nitrogens is 1. The minimum atomic E-state index is -0.147. The topological polar surface area (TPSA) is 70.7 Å². The number of carbonyl (C=O) groups is 1. The van der Waals surface area contributed by atoms with E-state index in [0.29, 0.717) is 12.2 Å². The Labute approximate surface area is 148 Å². The Morgan fingerprint density at radius 2 is 2.12 bits per heavy atom. The Hall–Kier alpha value is -2.99. The van der Waals surface area contributed by atoms with Crippen molar-refractivity contribution in [3.8, 4) is 10.6 Å². The first-order valence-electron chi connectivity index (χ1n) is 8.00. The normalized spacial score (nSPS) is 10.9. The van der Waals surface area contributed by atoms with E-state index < -0.39 is 0 Å². The van der Waals surface area contributed by atoms with Gasteiger partial charge in [-0.1, -0.05) is 18.2 Å². The second kappa shape index (κ2) is 6.86. The average Bonchev–Trinajstić information content (AvgIpc) is 3.30. The summed E-state index contributed by atoms with van der Waals surface area (Å²) < 4.78 is 0. The van der Waals surface area contributed by atoms with Crippen molar-refractivity contribution in [3.63, 3.8) is 0 Å². The molecule has 0 spiro atoms. The maximum Gasteiger partial charge on any atom is 0.270 e. The van der Waals surface area contributed by atoms with Crippen molar-refractivity contribution in [1.29, 1.82) is 0 Å². The van der Waals surface area contributed by atoms with Crippen molar-refractivity contribution in [2.45, 2.75) is 6.42 Å². The van der Waals surface area contributed by atoms with E-state index in [1.54, 1.807) is 17.8 Å².